The second-order valence-corrected chi connectivity index (χ2v) is 7.06. The first-order chi connectivity index (χ1) is 11.9. The lowest BCUT2D eigenvalue weighted by Gasteiger charge is -2.52. The van der Waals surface area contributed by atoms with E-state index < -0.39 is 23.6 Å². The molecule has 25 heavy (non-hydrogen) atoms. The largest absolute Gasteiger partial charge is 0.475 e. The Morgan fingerprint density at radius 2 is 1.76 bits per heavy atom. The van der Waals surface area contributed by atoms with E-state index in [9.17, 15) is 14.4 Å². The van der Waals surface area contributed by atoms with Gasteiger partial charge in [-0.2, -0.15) is 0 Å². The Labute approximate surface area is 146 Å². The molecule has 1 aliphatic carbocycles. The predicted molar refractivity (Wildman–Crippen MR) is 87.9 cm³/mol. The first-order valence-corrected chi connectivity index (χ1v) is 8.50. The fourth-order valence-electron chi connectivity index (χ4n) is 3.65. The molecule has 6 heteroatoms. The number of hydrogen-bond donors (Lipinski definition) is 1. The van der Waals surface area contributed by atoms with Gasteiger partial charge in [0.05, 0.1) is 37.3 Å². The maximum atomic E-state index is 12.4. The molecule has 0 atom stereocenters. The Balaban J connectivity index is 1.52. The molecule has 0 spiro atoms. The second kappa shape index (κ2) is 7.06. The van der Waals surface area contributed by atoms with Gasteiger partial charge < -0.3 is 14.6 Å². The zero-order valence-electron chi connectivity index (χ0n) is 14.0. The molecule has 6 nitrogen and oxygen atoms in total. The van der Waals surface area contributed by atoms with Crippen LogP contribution in [0.2, 0.25) is 0 Å². The van der Waals surface area contributed by atoms with Gasteiger partial charge in [0.1, 0.15) is 5.78 Å². The number of rotatable bonds is 8. The number of ether oxygens (including phenoxy) is 2. The molecular formula is C19H22O6. The van der Waals surface area contributed by atoms with E-state index in [-0.39, 0.29) is 18.0 Å². The number of benzene rings is 1. The third kappa shape index (κ3) is 3.80. The standard InChI is InChI=1S/C19H22O6/c20-15(17(22)23)10-16(21)18-6-8-19(9-7-18,25-12-18)13-24-11-14-4-2-1-3-5-14/h1-5H,6-13H2,(H,22,23). The molecule has 0 aromatic heterocycles. The molecule has 3 aliphatic rings. The lowest BCUT2D eigenvalue weighted by atomic mass is 9.63. The van der Waals surface area contributed by atoms with Gasteiger partial charge in [0, 0.05) is 0 Å². The summed E-state index contributed by atoms with van der Waals surface area (Å²) in [6, 6.07) is 9.90. The quantitative estimate of drug-likeness (QED) is 0.573. The summed E-state index contributed by atoms with van der Waals surface area (Å²) in [7, 11) is 0. The molecule has 0 unspecified atom stereocenters. The van der Waals surface area contributed by atoms with E-state index in [1.807, 2.05) is 30.3 Å². The van der Waals surface area contributed by atoms with Crippen LogP contribution in [0, 0.1) is 5.41 Å². The van der Waals surface area contributed by atoms with E-state index in [0.29, 0.717) is 38.9 Å². The van der Waals surface area contributed by atoms with Crippen molar-refractivity contribution in [1.29, 1.82) is 0 Å². The maximum Gasteiger partial charge on any atom is 0.372 e. The van der Waals surface area contributed by atoms with Crippen molar-refractivity contribution in [3.8, 4) is 0 Å². The van der Waals surface area contributed by atoms with Gasteiger partial charge in [-0.15, -0.1) is 0 Å². The van der Waals surface area contributed by atoms with Crippen LogP contribution in [0.1, 0.15) is 37.7 Å². The minimum absolute atomic E-state index is 0.243. The minimum Gasteiger partial charge on any atom is -0.475 e. The van der Waals surface area contributed by atoms with E-state index in [4.69, 9.17) is 14.6 Å². The van der Waals surface area contributed by atoms with E-state index in [1.165, 1.54) is 0 Å². The smallest absolute Gasteiger partial charge is 0.372 e. The van der Waals surface area contributed by atoms with Crippen LogP contribution in [0.4, 0.5) is 0 Å². The monoisotopic (exact) mass is 346 g/mol. The van der Waals surface area contributed by atoms with Crippen molar-refractivity contribution in [1.82, 2.24) is 0 Å². The van der Waals surface area contributed by atoms with Gasteiger partial charge in [0.15, 0.2) is 0 Å². The lowest BCUT2D eigenvalue weighted by molar-refractivity contribution is -0.207. The van der Waals surface area contributed by atoms with E-state index >= 15 is 0 Å². The SMILES string of the molecule is O=C(O)C(=O)CC(=O)C12CCC(COCc3ccccc3)(CC1)OC2. The highest BCUT2D eigenvalue weighted by molar-refractivity contribution is 6.36. The molecule has 1 aromatic carbocycles. The second-order valence-electron chi connectivity index (χ2n) is 7.06. The summed E-state index contributed by atoms with van der Waals surface area (Å²) in [6.07, 6.45) is 2.07. The van der Waals surface area contributed by atoms with Gasteiger partial charge in [0.2, 0.25) is 5.78 Å². The lowest BCUT2D eigenvalue weighted by Crippen LogP contribution is -2.56. The average Bonchev–Trinajstić information content (AvgIpc) is 2.64. The van der Waals surface area contributed by atoms with Crippen LogP contribution in [-0.2, 0) is 30.5 Å². The molecule has 1 saturated carbocycles. The van der Waals surface area contributed by atoms with Crippen LogP contribution in [0.25, 0.3) is 0 Å². The Morgan fingerprint density at radius 3 is 2.32 bits per heavy atom. The van der Waals surface area contributed by atoms with E-state index in [1.54, 1.807) is 0 Å². The molecule has 1 N–H and O–H groups in total. The van der Waals surface area contributed by atoms with E-state index in [0.717, 1.165) is 5.56 Å². The first kappa shape index (κ1) is 17.8. The number of fused-ring (bicyclic) bond motifs is 3. The van der Waals surface area contributed by atoms with Crippen molar-refractivity contribution in [3.05, 3.63) is 35.9 Å². The number of hydrogen-bond acceptors (Lipinski definition) is 5. The number of Topliss-reactive ketones (excluding diaryl/α,β-unsaturated/α-hetero) is 2. The van der Waals surface area contributed by atoms with Crippen LogP contribution < -0.4 is 0 Å². The van der Waals surface area contributed by atoms with Crippen molar-refractivity contribution in [3.63, 3.8) is 0 Å². The summed E-state index contributed by atoms with van der Waals surface area (Å²) >= 11 is 0. The fraction of sp³-hybridized carbons (Fsp3) is 0.526. The van der Waals surface area contributed by atoms with Gasteiger partial charge in [-0.1, -0.05) is 30.3 Å². The van der Waals surface area contributed by atoms with Crippen LogP contribution in [0.3, 0.4) is 0 Å². The number of carboxylic acids is 1. The van der Waals surface area contributed by atoms with Crippen molar-refractivity contribution in [2.45, 2.75) is 44.3 Å². The minimum atomic E-state index is -1.55. The van der Waals surface area contributed by atoms with Gasteiger partial charge in [-0.05, 0) is 31.2 Å². The highest BCUT2D eigenvalue weighted by atomic mass is 16.5. The summed E-state index contributed by atoms with van der Waals surface area (Å²) < 4.78 is 11.8. The Hall–Kier alpha value is -2.05. The molecule has 0 radical (unpaired) electrons. The molecule has 134 valence electrons. The number of carbonyl (C=O) groups is 3. The molecule has 1 aromatic rings. The predicted octanol–water partition coefficient (Wildman–Crippen LogP) is 2.15. The fourth-order valence-corrected chi connectivity index (χ4v) is 3.65. The summed E-state index contributed by atoms with van der Waals surface area (Å²) in [5, 5.41) is 8.68. The molecule has 2 bridgehead atoms. The third-order valence-electron chi connectivity index (χ3n) is 5.40. The van der Waals surface area contributed by atoms with Gasteiger partial charge >= 0.3 is 5.97 Å². The zero-order chi connectivity index (χ0) is 17.9. The molecule has 2 saturated heterocycles. The molecule has 2 aliphatic heterocycles. The number of aliphatic carboxylic acids is 1. The Kier molecular flexibility index (Phi) is 5.01. The molecule has 2 heterocycles. The van der Waals surface area contributed by atoms with Gasteiger partial charge in [-0.25, -0.2) is 4.79 Å². The highest BCUT2D eigenvalue weighted by Gasteiger charge is 2.53. The average molecular weight is 346 g/mol. The summed E-state index contributed by atoms with van der Waals surface area (Å²) in [6.45, 7) is 1.23. The van der Waals surface area contributed by atoms with Gasteiger partial charge in [0.25, 0.3) is 0 Å². The van der Waals surface area contributed by atoms with Gasteiger partial charge in [-0.3, -0.25) is 9.59 Å². The van der Waals surface area contributed by atoms with Crippen LogP contribution >= 0.6 is 0 Å². The first-order valence-electron chi connectivity index (χ1n) is 8.50. The topological polar surface area (TPSA) is 89.9 Å². The Bertz CT molecular complexity index is 641. The van der Waals surface area contributed by atoms with Crippen LogP contribution in [0.5, 0.6) is 0 Å². The Morgan fingerprint density at radius 1 is 1.08 bits per heavy atom. The normalized spacial score (nSPS) is 27.8. The molecule has 4 rings (SSSR count). The van der Waals surface area contributed by atoms with Crippen molar-refractivity contribution < 1.29 is 29.0 Å². The van der Waals surface area contributed by atoms with Crippen LogP contribution in [-0.4, -0.2) is 41.5 Å². The van der Waals surface area contributed by atoms with Crippen molar-refractivity contribution >= 4 is 17.5 Å². The molecule has 3 fully saturated rings. The summed E-state index contributed by atoms with van der Waals surface area (Å²) in [4.78, 5) is 34.4. The van der Waals surface area contributed by atoms with Crippen LogP contribution in [0.15, 0.2) is 30.3 Å². The summed E-state index contributed by atoms with van der Waals surface area (Å²) in [5.74, 6) is -2.91. The van der Waals surface area contributed by atoms with E-state index in [2.05, 4.69) is 0 Å². The van der Waals surface area contributed by atoms with Crippen molar-refractivity contribution in [2.75, 3.05) is 13.2 Å². The zero-order valence-corrected chi connectivity index (χ0v) is 14.0. The highest BCUT2D eigenvalue weighted by Crippen LogP contribution is 2.50. The number of ketones is 2. The third-order valence-corrected chi connectivity index (χ3v) is 5.40. The molecule has 0 amide bonds. The van der Waals surface area contributed by atoms with Crippen molar-refractivity contribution in [2.24, 2.45) is 5.41 Å². The maximum absolute atomic E-state index is 12.4. The number of carbonyl (C=O) groups excluding carboxylic acids is 2. The number of carboxylic acid groups (broad SMARTS) is 1. The summed E-state index contributed by atoms with van der Waals surface area (Å²) in [5.41, 5.74) is 0.0297. The molecular weight excluding hydrogens is 324 g/mol.